The Morgan fingerprint density at radius 2 is 1.68 bits per heavy atom. The largest absolute Gasteiger partial charge is 0.275 e. The maximum Gasteiger partial charge on any atom is 0.275 e. The second kappa shape index (κ2) is 8.56. The molecule has 0 saturated carbocycles. The number of aromatic nitrogens is 2. The van der Waals surface area contributed by atoms with Crippen molar-refractivity contribution in [2.75, 3.05) is 0 Å². The average Bonchev–Trinajstić information content (AvgIpc) is 2.76. The normalized spacial score (nSPS) is 14.3. The minimum absolute atomic E-state index is 0.0230. The van der Waals surface area contributed by atoms with Crippen LogP contribution in [0.5, 0.6) is 0 Å². The van der Waals surface area contributed by atoms with Crippen LogP contribution >= 0.6 is 0 Å². The lowest BCUT2D eigenvalue weighted by atomic mass is 9.97. The van der Waals surface area contributed by atoms with Gasteiger partial charge in [0.25, 0.3) is 5.56 Å². The van der Waals surface area contributed by atoms with Crippen LogP contribution < -0.4 is 10.7 Å². The van der Waals surface area contributed by atoms with Gasteiger partial charge in [0.2, 0.25) is 10.0 Å². The second-order valence-electron chi connectivity index (χ2n) is 7.58. The predicted octanol–water partition coefficient (Wildman–Crippen LogP) is 3.86. The minimum Gasteiger partial charge on any atom is -0.267 e. The summed E-state index contributed by atoms with van der Waals surface area (Å²) >= 11 is 0. The molecule has 1 aliphatic carbocycles. The molecule has 0 aliphatic heterocycles. The van der Waals surface area contributed by atoms with E-state index in [0.717, 1.165) is 25.7 Å². The van der Waals surface area contributed by atoms with E-state index in [2.05, 4.69) is 11.2 Å². The smallest absolute Gasteiger partial charge is 0.267 e. The maximum atomic E-state index is 13.5. The molecule has 0 saturated heterocycles. The number of allylic oxidation sites excluding steroid dienone is 2. The Kier molecular flexibility index (Phi) is 5.84. The fraction of sp³-hybridized carbons (Fsp3) is 0.217. The number of benzene rings is 2. The first-order valence-electron chi connectivity index (χ1n) is 10.00. The maximum absolute atomic E-state index is 13.5. The van der Waals surface area contributed by atoms with E-state index in [9.17, 15) is 17.6 Å². The van der Waals surface area contributed by atoms with E-state index in [1.54, 1.807) is 30.5 Å². The molecule has 6 nitrogen and oxygen atoms in total. The van der Waals surface area contributed by atoms with Gasteiger partial charge in [-0.1, -0.05) is 35.9 Å². The molecule has 2 aromatic carbocycles. The summed E-state index contributed by atoms with van der Waals surface area (Å²) in [6.45, 7) is 0.414. The molecule has 0 fully saturated rings. The Morgan fingerprint density at radius 1 is 1.00 bits per heavy atom. The van der Waals surface area contributed by atoms with Crippen LogP contribution in [0.4, 0.5) is 4.39 Å². The number of primary sulfonamides is 1. The summed E-state index contributed by atoms with van der Waals surface area (Å²) in [6.07, 6.45) is 7.95. The van der Waals surface area contributed by atoms with Crippen LogP contribution in [0.1, 0.15) is 25.7 Å². The van der Waals surface area contributed by atoms with Crippen molar-refractivity contribution < 1.29 is 12.8 Å². The molecule has 0 atom stereocenters. The van der Waals surface area contributed by atoms with Gasteiger partial charge in [-0.25, -0.2) is 22.6 Å². The SMILES string of the molecule is NS(=O)(=O)c1ccc(-c2cnn(CC3=CCCCC3)c(=O)c2-c2ccc(F)cc2)cc1. The molecule has 8 heteroatoms. The van der Waals surface area contributed by atoms with E-state index in [1.165, 1.54) is 34.5 Å². The van der Waals surface area contributed by atoms with Gasteiger partial charge in [-0.05, 0) is 61.1 Å². The van der Waals surface area contributed by atoms with Gasteiger partial charge in [-0.3, -0.25) is 4.79 Å². The van der Waals surface area contributed by atoms with Crippen molar-refractivity contribution in [3.63, 3.8) is 0 Å². The highest BCUT2D eigenvalue weighted by Gasteiger charge is 2.17. The molecule has 1 aromatic heterocycles. The third-order valence-electron chi connectivity index (χ3n) is 5.41. The summed E-state index contributed by atoms with van der Waals surface area (Å²) in [7, 11) is -3.83. The fourth-order valence-corrected chi connectivity index (χ4v) is 4.30. The third kappa shape index (κ3) is 4.65. The topological polar surface area (TPSA) is 95.1 Å². The van der Waals surface area contributed by atoms with Crippen LogP contribution in [0.2, 0.25) is 0 Å². The van der Waals surface area contributed by atoms with Gasteiger partial charge in [0, 0.05) is 5.56 Å². The number of nitrogens with zero attached hydrogens (tertiary/aromatic N) is 2. The molecule has 2 N–H and O–H groups in total. The Hall–Kier alpha value is -3.10. The monoisotopic (exact) mass is 439 g/mol. The fourth-order valence-electron chi connectivity index (χ4n) is 3.78. The van der Waals surface area contributed by atoms with E-state index in [0.29, 0.717) is 28.8 Å². The molecule has 4 rings (SSSR count). The Labute approximate surface area is 179 Å². The predicted molar refractivity (Wildman–Crippen MR) is 117 cm³/mol. The summed E-state index contributed by atoms with van der Waals surface area (Å²) in [6, 6.07) is 11.6. The van der Waals surface area contributed by atoms with Gasteiger partial charge in [0.1, 0.15) is 5.82 Å². The number of hydrogen-bond donors (Lipinski definition) is 1. The quantitative estimate of drug-likeness (QED) is 0.611. The van der Waals surface area contributed by atoms with E-state index in [-0.39, 0.29) is 10.5 Å². The Morgan fingerprint density at radius 3 is 2.29 bits per heavy atom. The van der Waals surface area contributed by atoms with Gasteiger partial charge in [0.15, 0.2) is 0 Å². The standard InChI is InChI=1S/C23H22FN3O3S/c24-19-10-6-18(7-11-19)22-21(17-8-12-20(13-9-17)31(25,29)30)14-26-27(23(22)28)15-16-4-2-1-3-5-16/h4,6-14H,1-3,5,15H2,(H2,25,29,30). The molecule has 31 heavy (non-hydrogen) atoms. The van der Waals surface area contributed by atoms with E-state index in [4.69, 9.17) is 5.14 Å². The Bertz CT molecular complexity index is 1300. The van der Waals surface area contributed by atoms with Crippen molar-refractivity contribution in [3.05, 3.63) is 82.5 Å². The van der Waals surface area contributed by atoms with E-state index < -0.39 is 15.8 Å². The Balaban J connectivity index is 1.84. The molecule has 1 heterocycles. The highest BCUT2D eigenvalue weighted by atomic mass is 32.2. The van der Waals surface area contributed by atoms with Crippen molar-refractivity contribution in [3.8, 4) is 22.3 Å². The summed E-state index contributed by atoms with van der Waals surface area (Å²) in [4.78, 5) is 13.4. The number of sulfonamides is 1. The molecule has 0 radical (unpaired) electrons. The highest BCUT2D eigenvalue weighted by Crippen LogP contribution is 2.30. The van der Waals surface area contributed by atoms with Crippen LogP contribution in [-0.2, 0) is 16.6 Å². The molecule has 160 valence electrons. The summed E-state index contributed by atoms with van der Waals surface area (Å²) < 4.78 is 38.0. The highest BCUT2D eigenvalue weighted by molar-refractivity contribution is 7.89. The average molecular weight is 440 g/mol. The number of hydrogen-bond acceptors (Lipinski definition) is 4. The zero-order chi connectivity index (χ0) is 22.0. The van der Waals surface area contributed by atoms with E-state index >= 15 is 0 Å². The first-order chi connectivity index (χ1) is 14.8. The lowest BCUT2D eigenvalue weighted by molar-refractivity contribution is 0.584. The summed E-state index contributed by atoms with van der Waals surface area (Å²) in [5.74, 6) is -0.399. The van der Waals surface area contributed by atoms with Gasteiger partial charge < -0.3 is 0 Å². The van der Waals surface area contributed by atoms with Crippen molar-refractivity contribution in [2.24, 2.45) is 5.14 Å². The molecular weight excluding hydrogens is 417 g/mol. The molecule has 3 aromatic rings. The van der Waals surface area contributed by atoms with Crippen LogP contribution in [0.25, 0.3) is 22.3 Å². The van der Waals surface area contributed by atoms with Crippen LogP contribution in [0.3, 0.4) is 0 Å². The molecule has 0 amide bonds. The zero-order valence-corrected chi connectivity index (χ0v) is 17.6. The van der Waals surface area contributed by atoms with Crippen LogP contribution in [-0.4, -0.2) is 18.2 Å². The molecular formula is C23H22FN3O3S. The van der Waals surface area contributed by atoms with Crippen LogP contribution in [0.15, 0.2) is 76.1 Å². The first kappa shape index (κ1) is 21.1. The van der Waals surface area contributed by atoms with Crippen LogP contribution in [0, 0.1) is 5.82 Å². The second-order valence-corrected chi connectivity index (χ2v) is 9.14. The van der Waals surface area contributed by atoms with E-state index in [1.807, 2.05) is 0 Å². The van der Waals surface area contributed by atoms with Crippen molar-refractivity contribution in [1.82, 2.24) is 9.78 Å². The number of nitrogens with two attached hydrogens (primary N) is 1. The van der Waals surface area contributed by atoms with Gasteiger partial charge >= 0.3 is 0 Å². The minimum atomic E-state index is -3.83. The third-order valence-corrected chi connectivity index (χ3v) is 6.34. The van der Waals surface area contributed by atoms with Gasteiger partial charge in [0.05, 0.1) is 23.2 Å². The van der Waals surface area contributed by atoms with Crippen molar-refractivity contribution in [2.45, 2.75) is 37.1 Å². The van der Waals surface area contributed by atoms with Gasteiger partial charge in [-0.15, -0.1) is 0 Å². The van der Waals surface area contributed by atoms with Crippen molar-refractivity contribution >= 4 is 10.0 Å². The molecule has 0 spiro atoms. The molecule has 0 bridgehead atoms. The van der Waals surface area contributed by atoms with Gasteiger partial charge in [-0.2, -0.15) is 5.10 Å². The lowest BCUT2D eigenvalue weighted by Gasteiger charge is -2.16. The first-order valence-corrected chi connectivity index (χ1v) is 11.5. The van der Waals surface area contributed by atoms with Crippen molar-refractivity contribution in [1.29, 1.82) is 0 Å². The molecule has 0 unspecified atom stereocenters. The number of rotatable bonds is 5. The number of halogens is 1. The molecule has 1 aliphatic rings. The lowest BCUT2D eigenvalue weighted by Crippen LogP contribution is -2.26. The zero-order valence-electron chi connectivity index (χ0n) is 16.8. The summed E-state index contributed by atoms with van der Waals surface area (Å²) in [5.41, 5.74) is 2.98. The summed E-state index contributed by atoms with van der Waals surface area (Å²) in [5, 5.41) is 9.55.